The average molecular weight is 292 g/mol. The maximum absolute atomic E-state index is 11.8. The second-order valence-corrected chi connectivity index (χ2v) is 5.04. The van der Waals surface area contributed by atoms with Crippen LogP contribution in [-0.2, 0) is 16.0 Å². The number of nitrogens with one attached hydrogen (secondary N) is 1. The SMILES string of the molecule is COc1ccc(CCN2CCNC(=O)C2CC(=O)O)cc1. The largest absolute Gasteiger partial charge is 0.497 e. The van der Waals surface area contributed by atoms with E-state index in [1.807, 2.05) is 29.2 Å². The Bertz CT molecular complexity index is 501. The average Bonchev–Trinajstić information content (AvgIpc) is 2.48. The molecule has 1 aromatic carbocycles. The lowest BCUT2D eigenvalue weighted by Gasteiger charge is -2.34. The summed E-state index contributed by atoms with van der Waals surface area (Å²) in [7, 11) is 1.62. The third-order valence-electron chi connectivity index (χ3n) is 3.66. The summed E-state index contributed by atoms with van der Waals surface area (Å²) < 4.78 is 5.11. The molecular formula is C15H20N2O4. The monoisotopic (exact) mass is 292 g/mol. The molecule has 2 N–H and O–H groups in total. The molecule has 0 spiro atoms. The first-order valence-electron chi connectivity index (χ1n) is 6.96. The van der Waals surface area contributed by atoms with Gasteiger partial charge in [0.25, 0.3) is 0 Å². The Balaban J connectivity index is 1.95. The van der Waals surface area contributed by atoms with Crippen molar-refractivity contribution in [2.45, 2.75) is 18.9 Å². The number of ether oxygens (including phenoxy) is 1. The molecular weight excluding hydrogens is 272 g/mol. The maximum atomic E-state index is 11.8. The summed E-state index contributed by atoms with van der Waals surface area (Å²) in [6.45, 7) is 1.91. The van der Waals surface area contributed by atoms with Gasteiger partial charge in [0.05, 0.1) is 19.6 Å². The molecule has 1 fully saturated rings. The Morgan fingerprint density at radius 2 is 2.14 bits per heavy atom. The van der Waals surface area contributed by atoms with Crippen molar-refractivity contribution in [1.29, 1.82) is 0 Å². The highest BCUT2D eigenvalue weighted by atomic mass is 16.5. The molecule has 0 aromatic heterocycles. The van der Waals surface area contributed by atoms with E-state index in [9.17, 15) is 9.59 Å². The fourth-order valence-corrected chi connectivity index (χ4v) is 2.48. The molecule has 0 saturated carbocycles. The summed E-state index contributed by atoms with van der Waals surface area (Å²) >= 11 is 0. The van der Waals surface area contributed by atoms with Gasteiger partial charge in [0.1, 0.15) is 5.75 Å². The van der Waals surface area contributed by atoms with Crippen LogP contribution in [0.4, 0.5) is 0 Å². The molecule has 2 rings (SSSR count). The van der Waals surface area contributed by atoms with Gasteiger partial charge >= 0.3 is 5.97 Å². The second-order valence-electron chi connectivity index (χ2n) is 5.04. The highest BCUT2D eigenvalue weighted by molar-refractivity contribution is 5.86. The van der Waals surface area contributed by atoms with Crippen LogP contribution in [0.5, 0.6) is 5.75 Å². The van der Waals surface area contributed by atoms with Crippen LogP contribution >= 0.6 is 0 Å². The van der Waals surface area contributed by atoms with Crippen molar-refractivity contribution in [1.82, 2.24) is 10.2 Å². The summed E-state index contributed by atoms with van der Waals surface area (Å²) in [6.07, 6.45) is 0.613. The number of carboxylic acid groups (broad SMARTS) is 1. The van der Waals surface area contributed by atoms with Gasteiger partial charge < -0.3 is 15.2 Å². The van der Waals surface area contributed by atoms with Crippen LogP contribution < -0.4 is 10.1 Å². The van der Waals surface area contributed by atoms with E-state index in [0.29, 0.717) is 19.6 Å². The lowest BCUT2D eigenvalue weighted by Crippen LogP contribution is -2.56. The van der Waals surface area contributed by atoms with Crippen molar-refractivity contribution in [2.24, 2.45) is 0 Å². The fourth-order valence-electron chi connectivity index (χ4n) is 2.48. The number of benzene rings is 1. The zero-order valence-corrected chi connectivity index (χ0v) is 12.0. The van der Waals surface area contributed by atoms with E-state index in [4.69, 9.17) is 9.84 Å². The molecule has 6 nitrogen and oxygen atoms in total. The van der Waals surface area contributed by atoms with Gasteiger partial charge in [0, 0.05) is 19.6 Å². The van der Waals surface area contributed by atoms with Crippen LogP contribution in [0.3, 0.4) is 0 Å². The number of hydrogen-bond donors (Lipinski definition) is 2. The first-order valence-corrected chi connectivity index (χ1v) is 6.96. The van der Waals surface area contributed by atoms with Gasteiger partial charge in [0.15, 0.2) is 0 Å². The summed E-state index contributed by atoms with van der Waals surface area (Å²) in [4.78, 5) is 24.6. The van der Waals surface area contributed by atoms with Gasteiger partial charge in [-0.05, 0) is 24.1 Å². The first kappa shape index (κ1) is 15.3. The number of nitrogens with zero attached hydrogens (tertiary/aromatic N) is 1. The summed E-state index contributed by atoms with van der Waals surface area (Å²) in [5.41, 5.74) is 1.14. The van der Waals surface area contributed by atoms with Crippen molar-refractivity contribution in [2.75, 3.05) is 26.7 Å². The highest BCUT2D eigenvalue weighted by Gasteiger charge is 2.31. The normalized spacial score (nSPS) is 19.1. The summed E-state index contributed by atoms with van der Waals surface area (Å²) in [5, 5.41) is 11.6. The molecule has 21 heavy (non-hydrogen) atoms. The van der Waals surface area contributed by atoms with Crippen LogP contribution in [0.1, 0.15) is 12.0 Å². The number of carboxylic acids is 1. The van der Waals surface area contributed by atoms with Crippen LogP contribution in [0, 0.1) is 0 Å². The maximum Gasteiger partial charge on any atom is 0.305 e. The standard InChI is InChI=1S/C15H20N2O4/c1-21-12-4-2-11(3-5-12)6-8-17-9-7-16-15(20)13(17)10-14(18)19/h2-5,13H,6-10H2,1H3,(H,16,20)(H,18,19). The Labute approximate surface area is 123 Å². The van der Waals surface area contributed by atoms with Crippen molar-refractivity contribution in [3.8, 4) is 5.75 Å². The van der Waals surface area contributed by atoms with E-state index in [1.165, 1.54) is 0 Å². The topological polar surface area (TPSA) is 78.9 Å². The van der Waals surface area contributed by atoms with Crippen molar-refractivity contribution in [3.63, 3.8) is 0 Å². The molecule has 1 aliphatic heterocycles. The first-order chi connectivity index (χ1) is 10.1. The Kier molecular flexibility index (Phi) is 5.16. The zero-order chi connectivity index (χ0) is 15.2. The molecule has 0 bridgehead atoms. The molecule has 1 aromatic rings. The third kappa shape index (κ3) is 4.19. The van der Waals surface area contributed by atoms with Gasteiger partial charge in [-0.25, -0.2) is 0 Å². The molecule has 0 aliphatic carbocycles. The van der Waals surface area contributed by atoms with Crippen LogP contribution in [0.15, 0.2) is 24.3 Å². The van der Waals surface area contributed by atoms with Crippen LogP contribution in [0.2, 0.25) is 0 Å². The summed E-state index contributed by atoms with van der Waals surface area (Å²) in [5.74, 6) is -0.343. The zero-order valence-electron chi connectivity index (χ0n) is 12.0. The van der Waals surface area contributed by atoms with E-state index in [0.717, 1.165) is 17.7 Å². The molecule has 0 radical (unpaired) electrons. The molecule has 1 aliphatic rings. The Hall–Kier alpha value is -2.08. The molecule has 114 valence electrons. The van der Waals surface area contributed by atoms with Gasteiger partial charge in [-0.3, -0.25) is 14.5 Å². The van der Waals surface area contributed by atoms with Crippen LogP contribution in [0.25, 0.3) is 0 Å². The Morgan fingerprint density at radius 3 is 2.76 bits per heavy atom. The predicted octanol–water partition coefficient (Wildman–Crippen LogP) is 0.513. The molecule has 1 atom stereocenters. The fraction of sp³-hybridized carbons (Fsp3) is 0.467. The predicted molar refractivity (Wildman–Crippen MR) is 77.3 cm³/mol. The number of aliphatic carboxylic acids is 1. The van der Waals surface area contributed by atoms with E-state index < -0.39 is 12.0 Å². The van der Waals surface area contributed by atoms with Gasteiger partial charge in [0.2, 0.25) is 5.91 Å². The number of piperazine rings is 1. The van der Waals surface area contributed by atoms with E-state index in [1.54, 1.807) is 7.11 Å². The Morgan fingerprint density at radius 1 is 1.43 bits per heavy atom. The van der Waals surface area contributed by atoms with Gasteiger partial charge in [-0.2, -0.15) is 0 Å². The lowest BCUT2D eigenvalue weighted by molar-refractivity contribution is -0.143. The smallest absolute Gasteiger partial charge is 0.305 e. The number of rotatable bonds is 6. The third-order valence-corrected chi connectivity index (χ3v) is 3.66. The second kappa shape index (κ2) is 7.08. The highest BCUT2D eigenvalue weighted by Crippen LogP contribution is 2.14. The minimum Gasteiger partial charge on any atom is -0.497 e. The quantitative estimate of drug-likeness (QED) is 0.799. The molecule has 6 heteroatoms. The number of methoxy groups -OCH3 is 1. The number of carbonyl (C=O) groups is 2. The minimum absolute atomic E-state index is 0.158. The van der Waals surface area contributed by atoms with Gasteiger partial charge in [-0.1, -0.05) is 12.1 Å². The van der Waals surface area contributed by atoms with Crippen LogP contribution in [-0.4, -0.2) is 54.7 Å². The minimum atomic E-state index is -0.952. The van der Waals surface area contributed by atoms with E-state index in [2.05, 4.69) is 5.32 Å². The van der Waals surface area contributed by atoms with Crippen molar-refractivity contribution < 1.29 is 19.4 Å². The molecule has 1 amide bonds. The van der Waals surface area contributed by atoms with Crippen molar-refractivity contribution in [3.05, 3.63) is 29.8 Å². The summed E-state index contributed by atoms with van der Waals surface area (Å²) in [6, 6.07) is 7.18. The number of carbonyl (C=O) groups excluding carboxylic acids is 1. The van der Waals surface area contributed by atoms with E-state index >= 15 is 0 Å². The van der Waals surface area contributed by atoms with Gasteiger partial charge in [-0.15, -0.1) is 0 Å². The van der Waals surface area contributed by atoms with E-state index in [-0.39, 0.29) is 12.3 Å². The van der Waals surface area contributed by atoms with Crippen molar-refractivity contribution >= 4 is 11.9 Å². The number of hydrogen-bond acceptors (Lipinski definition) is 4. The molecule has 1 heterocycles. The molecule has 1 unspecified atom stereocenters. The molecule has 1 saturated heterocycles. The lowest BCUT2D eigenvalue weighted by atomic mass is 10.1. The number of amides is 1.